The number of sulfone groups is 1. The minimum absolute atomic E-state index is 0.0351. The standard InChI is InChI=1S/C34H28N2O14S5/c37-32(19-7-2-1-3-8-19)30-27-21-9-4-5-10-22(21)33(38)28-24(18-26(55(48,49)50)31(29(27)28)36-34(30)39)35-23-17-20(11-12-25(23)54(45,46)47)52(40,41)16-14-51-13-6-15-53(42,43)44/h1-5,7-12,17-18,35,37H,6,13-16H2,(H,42,43,44)(H,45,46,47)(H,48,49,50). The maximum atomic E-state index is 14.3. The molecule has 0 amide bonds. The lowest BCUT2D eigenvalue weighted by Gasteiger charge is -2.17. The molecule has 288 valence electrons. The highest BCUT2D eigenvalue weighted by molar-refractivity contribution is 8.00. The highest BCUT2D eigenvalue weighted by Gasteiger charge is 2.27. The fraction of sp³-hybridized carbons (Fsp3) is 0.147. The Morgan fingerprint density at radius 1 is 0.691 bits per heavy atom. The Bertz CT molecular complexity index is 3220. The summed E-state index contributed by atoms with van der Waals surface area (Å²) < 4.78 is 129. The second-order valence-electron chi connectivity index (χ2n) is 12.1. The molecular formula is C34H28N2O14S5. The number of hydrogen-bond donors (Lipinski definition) is 5. The fourth-order valence-electron chi connectivity index (χ4n) is 6.09. The van der Waals surface area contributed by atoms with Gasteiger partial charge in [0, 0.05) is 27.1 Å². The monoisotopic (exact) mass is 848 g/mol. The maximum Gasteiger partial charge on any atom is 0.296 e. The van der Waals surface area contributed by atoms with Crippen LogP contribution < -0.4 is 21.5 Å². The molecule has 2 aliphatic rings. The van der Waals surface area contributed by atoms with E-state index in [1.807, 2.05) is 0 Å². The van der Waals surface area contributed by atoms with Gasteiger partial charge < -0.3 is 10.4 Å². The molecule has 0 aromatic heterocycles. The number of thioether (sulfide) groups is 1. The summed E-state index contributed by atoms with van der Waals surface area (Å²) in [5.74, 6) is -1.47. The second kappa shape index (κ2) is 14.7. The molecule has 0 bridgehead atoms. The molecular weight excluding hydrogens is 821 g/mol. The SMILES string of the molecule is O=c1nc2c(S(=O)(=O)O)cc(Nc3cc(S(=O)(=O)CCSCCCS(=O)(=O)O)ccc3S(=O)(=O)O)c3c2=c(c1=C(O)c1ccccc1)c1ccccc1c3=O. The molecule has 0 atom stereocenters. The number of rotatable bonds is 13. The first-order valence-corrected chi connectivity index (χ1v) is 23.1. The zero-order chi connectivity index (χ0) is 40.1. The lowest BCUT2D eigenvalue weighted by atomic mass is 9.96. The van der Waals surface area contributed by atoms with Crippen molar-refractivity contribution in [2.75, 3.05) is 28.3 Å². The molecule has 0 unspecified atom stereocenters. The first-order valence-electron chi connectivity index (χ1n) is 15.8. The van der Waals surface area contributed by atoms with E-state index in [1.165, 1.54) is 36.4 Å². The van der Waals surface area contributed by atoms with Crippen LogP contribution in [0.4, 0.5) is 11.4 Å². The Morgan fingerprint density at radius 3 is 1.96 bits per heavy atom. The van der Waals surface area contributed by atoms with Crippen LogP contribution in [0.5, 0.6) is 0 Å². The fourth-order valence-corrected chi connectivity index (χ4v) is 10.8. The van der Waals surface area contributed by atoms with Crippen molar-refractivity contribution in [3.63, 3.8) is 0 Å². The highest BCUT2D eigenvalue weighted by Crippen LogP contribution is 2.34. The van der Waals surface area contributed by atoms with Crippen LogP contribution in [0.25, 0.3) is 27.4 Å². The maximum absolute atomic E-state index is 14.3. The average molecular weight is 849 g/mol. The minimum atomic E-state index is -5.29. The largest absolute Gasteiger partial charge is 0.506 e. The zero-order valence-electron chi connectivity index (χ0n) is 27.9. The van der Waals surface area contributed by atoms with Crippen LogP contribution in [0.3, 0.4) is 0 Å². The van der Waals surface area contributed by atoms with Gasteiger partial charge in [-0.25, -0.2) is 13.4 Å². The van der Waals surface area contributed by atoms with Gasteiger partial charge in [0.15, 0.2) is 15.3 Å². The Labute approximate surface area is 316 Å². The Hall–Kier alpha value is -4.74. The number of hydrogen-bond acceptors (Lipinski definition) is 14. The average Bonchev–Trinajstić information content (AvgIpc) is 3.10. The van der Waals surface area contributed by atoms with E-state index in [1.54, 1.807) is 18.2 Å². The number of aliphatic hydroxyl groups excluding tert-OH is 1. The molecule has 1 heterocycles. The number of benzene rings is 4. The quantitative estimate of drug-likeness (QED) is 0.0825. The predicted molar refractivity (Wildman–Crippen MR) is 205 cm³/mol. The minimum Gasteiger partial charge on any atom is -0.506 e. The van der Waals surface area contributed by atoms with Crippen LogP contribution >= 0.6 is 11.8 Å². The van der Waals surface area contributed by atoms with Gasteiger partial charge in [-0.05, 0) is 41.8 Å². The third-order valence-electron chi connectivity index (χ3n) is 8.47. The van der Waals surface area contributed by atoms with Crippen molar-refractivity contribution in [3.05, 3.63) is 121 Å². The third kappa shape index (κ3) is 8.14. The lowest BCUT2D eigenvalue weighted by Crippen LogP contribution is -2.33. The highest BCUT2D eigenvalue weighted by atomic mass is 32.2. The van der Waals surface area contributed by atoms with Crippen LogP contribution in [0.15, 0.2) is 103 Å². The number of nitrogens with zero attached hydrogens (tertiary/aromatic N) is 1. The topological polar surface area (TPSA) is 277 Å². The molecule has 6 rings (SSSR count). The van der Waals surface area contributed by atoms with Gasteiger partial charge in [0.25, 0.3) is 35.9 Å². The summed E-state index contributed by atoms with van der Waals surface area (Å²) in [4.78, 5) is 29.6. The molecule has 0 saturated carbocycles. The molecule has 4 aromatic rings. The molecule has 4 aromatic carbocycles. The van der Waals surface area contributed by atoms with E-state index in [0.29, 0.717) is 6.07 Å². The van der Waals surface area contributed by atoms with E-state index in [4.69, 9.17) is 4.55 Å². The van der Waals surface area contributed by atoms with E-state index >= 15 is 0 Å². The predicted octanol–water partition coefficient (Wildman–Crippen LogP) is 2.73. The number of anilines is 2. The van der Waals surface area contributed by atoms with Gasteiger partial charge in [0.2, 0.25) is 0 Å². The first-order chi connectivity index (χ1) is 25.7. The summed E-state index contributed by atoms with van der Waals surface area (Å²) in [6.45, 7) is 0. The second-order valence-corrected chi connectivity index (χ2v) is 19.8. The summed E-state index contributed by atoms with van der Waals surface area (Å²) in [7, 11) is -18.8. The van der Waals surface area contributed by atoms with Crippen LogP contribution in [-0.2, 0) is 40.2 Å². The molecule has 0 fully saturated rings. The molecule has 0 radical (unpaired) electrons. The van der Waals surface area contributed by atoms with Crippen molar-refractivity contribution < 1.29 is 52.4 Å². The summed E-state index contributed by atoms with van der Waals surface area (Å²) in [6, 6.07) is 16.8. The molecule has 0 saturated heterocycles. The molecule has 1 aliphatic carbocycles. The third-order valence-corrected chi connectivity index (χ3v) is 14.1. The van der Waals surface area contributed by atoms with Gasteiger partial charge in [-0.1, -0.05) is 54.6 Å². The van der Waals surface area contributed by atoms with E-state index < -0.39 is 111 Å². The summed E-state index contributed by atoms with van der Waals surface area (Å²) in [5, 5.41) is 12.8. The van der Waals surface area contributed by atoms with E-state index in [0.717, 1.165) is 30.0 Å². The Balaban J connectivity index is 1.64. The van der Waals surface area contributed by atoms with Crippen LogP contribution in [-0.4, -0.2) is 80.4 Å². The van der Waals surface area contributed by atoms with Gasteiger partial charge in [0.05, 0.1) is 43.9 Å². The van der Waals surface area contributed by atoms with E-state index in [2.05, 4.69) is 10.3 Å². The van der Waals surface area contributed by atoms with Crippen LogP contribution in [0.2, 0.25) is 0 Å². The zero-order valence-corrected chi connectivity index (χ0v) is 32.0. The van der Waals surface area contributed by atoms with Gasteiger partial charge in [-0.3, -0.25) is 23.2 Å². The molecule has 5 N–H and O–H groups in total. The van der Waals surface area contributed by atoms with E-state index in [9.17, 15) is 57.5 Å². The lowest BCUT2D eigenvalue weighted by molar-refractivity contribution is 0.480. The molecule has 16 nitrogen and oxygen atoms in total. The molecule has 21 heteroatoms. The van der Waals surface area contributed by atoms with Gasteiger partial charge >= 0.3 is 0 Å². The van der Waals surface area contributed by atoms with Crippen molar-refractivity contribution in [3.8, 4) is 0 Å². The normalized spacial score (nSPS) is 13.4. The number of fused-ring (bicyclic) bond motifs is 2. The van der Waals surface area contributed by atoms with Crippen LogP contribution in [0.1, 0.15) is 12.0 Å². The molecule has 1 aliphatic heterocycles. The van der Waals surface area contributed by atoms with Crippen molar-refractivity contribution >= 4 is 90.8 Å². The van der Waals surface area contributed by atoms with Gasteiger partial charge in [-0.2, -0.15) is 37.0 Å². The van der Waals surface area contributed by atoms with Crippen molar-refractivity contribution in [1.29, 1.82) is 0 Å². The summed E-state index contributed by atoms with van der Waals surface area (Å²) >= 11 is 1.07. The smallest absolute Gasteiger partial charge is 0.296 e. The number of aromatic nitrogens is 1. The Kier molecular flexibility index (Phi) is 10.7. The van der Waals surface area contributed by atoms with E-state index in [-0.39, 0.29) is 44.7 Å². The van der Waals surface area contributed by atoms with Crippen LogP contribution in [0, 0.1) is 10.4 Å². The molecule has 55 heavy (non-hydrogen) atoms. The number of aliphatic hydroxyl groups is 1. The van der Waals surface area contributed by atoms with Gasteiger partial charge in [-0.15, -0.1) is 0 Å². The Morgan fingerprint density at radius 2 is 1.33 bits per heavy atom. The van der Waals surface area contributed by atoms with Crippen molar-refractivity contribution in [2.45, 2.75) is 21.1 Å². The van der Waals surface area contributed by atoms with Crippen molar-refractivity contribution in [2.24, 2.45) is 0 Å². The van der Waals surface area contributed by atoms with Gasteiger partial charge in [0.1, 0.15) is 15.6 Å². The number of nitrogens with one attached hydrogen (secondary N) is 1. The van der Waals surface area contributed by atoms with Crippen molar-refractivity contribution in [1.82, 2.24) is 4.98 Å². The first kappa shape index (κ1) is 39.9. The summed E-state index contributed by atoms with van der Waals surface area (Å²) in [5.41, 5.74) is -3.57. The summed E-state index contributed by atoms with van der Waals surface area (Å²) in [6.07, 6.45) is 0.0439. The molecule has 0 spiro atoms.